The zero-order valence-electron chi connectivity index (χ0n) is 12.2. The SMILES string of the molecule is CCCNc1cc(NCCC(O)CC)nc(CC)n1. The second kappa shape index (κ2) is 8.69. The summed E-state index contributed by atoms with van der Waals surface area (Å²) in [7, 11) is 0. The van der Waals surface area contributed by atoms with Gasteiger partial charge in [-0.2, -0.15) is 0 Å². The molecular weight excluding hydrogens is 240 g/mol. The quantitative estimate of drug-likeness (QED) is 0.640. The highest BCUT2D eigenvalue weighted by atomic mass is 16.3. The highest BCUT2D eigenvalue weighted by Gasteiger charge is 2.04. The Morgan fingerprint density at radius 1 is 1.11 bits per heavy atom. The summed E-state index contributed by atoms with van der Waals surface area (Å²) >= 11 is 0. The van der Waals surface area contributed by atoms with E-state index in [1.807, 2.05) is 19.9 Å². The Bertz CT molecular complexity index is 370. The van der Waals surface area contributed by atoms with Crippen LogP contribution < -0.4 is 10.6 Å². The van der Waals surface area contributed by atoms with Crippen LogP contribution in [0.5, 0.6) is 0 Å². The molecule has 0 saturated heterocycles. The van der Waals surface area contributed by atoms with Gasteiger partial charge in [0, 0.05) is 25.6 Å². The van der Waals surface area contributed by atoms with E-state index in [0.29, 0.717) is 0 Å². The Balaban J connectivity index is 2.60. The predicted octanol–water partition coefficient (Wildman–Crippen LogP) is 2.43. The van der Waals surface area contributed by atoms with Crippen LogP contribution in [0.25, 0.3) is 0 Å². The van der Waals surface area contributed by atoms with Crippen LogP contribution >= 0.6 is 0 Å². The molecule has 0 radical (unpaired) electrons. The van der Waals surface area contributed by atoms with Crippen molar-refractivity contribution in [3.8, 4) is 0 Å². The molecule has 0 saturated carbocycles. The summed E-state index contributed by atoms with van der Waals surface area (Å²) < 4.78 is 0. The topological polar surface area (TPSA) is 70.1 Å². The van der Waals surface area contributed by atoms with Gasteiger partial charge in [0.25, 0.3) is 0 Å². The number of hydrogen-bond acceptors (Lipinski definition) is 5. The van der Waals surface area contributed by atoms with E-state index in [-0.39, 0.29) is 6.10 Å². The van der Waals surface area contributed by atoms with Crippen LogP contribution in [0.1, 0.15) is 45.9 Å². The van der Waals surface area contributed by atoms with Crippen LogP contribution in [0.3, 0.4) is 0 Å². The van der Waals surface area contributed by atoms with Crippen molar-refractivity contribution in [2.24, 2.45) is 0 Å². The maximum absolute atomic E-state index is 9.52. The molecule has 1 atom stereocenters. The van der Waals surface area contributed by atoms with Crippen LogP contribution in [-0.4, -0.2) is 34.3 Å². The van der Waals surface area contributed by atoms with Gasteiger partial charge >= 0.3 is 0 Å². The van der Waals surface area contributed by atoms with Crippen molar-refractivity contribution < 1.29 is 5.11 Å². The highest BCUT2D eigenvalue weighted by Crippen LogP contribution is 2.12. The fourth-order valence-corrected chi connectivity index (χ4v) is 1.66. The molecule has 1 unspecified atom stereocenters. The van der Waals surface area contributed by atoms with E-state index in [9.17, 15) is 5.11 Å². The van der Waals surface area contributed by atoms with Crippen molar-refractivity contribution in [1.29, 1.82) is 0 Å². The molecule has 0 bridgehead atoms. The van der Waals surface area contributed by atoms with Gasteiger partial charge in [0.2, 0.25) is 0 Å². The Kier molecular flexibility index (Phi) is 7.18. The first-order valence-electron chi connectivity index (χ1n) is 7.23. The predicted molar refractivity (Wildman–Crippen MR) is 79.6 cm³/mol. The van der Waals surface area contributed by atoms with E-state index < -0.39 is 0 Å². The Labute approximate surface area is 115 Å². The third-order valence-corrected chi connectivity index (χ3v) is 2.90. The van der Waals surface area contributed by atoms with Crippen molar-refractivity contribution in [2.45, 2.75) is 52.6 Å². The van der Waals surface area contributed by atoms with Gasteiger partial charge < -0.3 is 15.7 Å². The molecule has 1 rings (SSSR count). The maximum Gasteiger partial charge on any atom is 0.132 e. The lowest BCUT2D eigenvalue weighted by Crippen LogP contribution is -2.14. The molecule has 0 amide bonds. The smallest absolute Gasteiger partial charge is 0.132 e. The van der Waals surface area contributed by atoms with Crippen LogP contribution in [0.15, 0.2) is 6.07 Å². The van der Waals surface area contributed by atoms with Crippen molar-refractivity contribution in [3.05, 3.63) is 11.9 Å². The average Bonchev–Trinajstić information content (AvgIpc) is 2.44. The van der Waals surface area contributed by atoms with Gasteiger partial charge in [-0.15, -0.1) is 0 Å². The summed E-state index contributed by atoms with van der Waals surface area (Å²) in [5, 5.41) is 16.1. The summed E-state index contributed by atoms with van der Waals surface area (Å²) in [5.74, 6) is 2.53. The molecule has 1 heterocycles. The van der Waals surface area contributed by atoms with E-state index in [1.54, 1.807) is 0 Å². The van der Waals surface area contributed by atoms with Crippen molar-refractivity contribution >= 4 is 11.6 Å². The number of aliphatic hydroxyl groups excluding tert-OH is 1. The van der Waals surface area contributed by atoms with Crippen molar-refractivity contribution in [3.63, 3.8) is 0 Å². The van der Waals surface area contributed by atoms with Gasteiger partial charge in [0.15, 0.2) is 0 Å². The van der Waals surface area contributed by atoms with Crippen molar-refractivity contribution in [2.75, 3.05) is 23.7 Å². The first kappa shape index (κ1) is 15.7. The molecule has 1 aromatic rings. The molecule has 5 heteroatoms. The second-order valence-electron chi connectivity index (χ2n) is 4.61. The van der Waals surface area contributed by atoms with E-state index in [2.05, 4.69) is 27.5 Å². The minimum absolute atomic E-state index is 0.238. The molecule has 0 aliphatic heterocycles. The number of aromatic nitrogens is 2. The molecule has 0 aliphatic carbocycles. The molecule has 0 fully saturated rings. The molecule has 5 nitrogen and oxygen atoms in total. The number of aryl methyl sites for hydroxylation is 1. The lowest BCUT2D eigenvalue weighted by atomic mass is 10.2. The lowest BCUT2D eigenvalue weighted by Gasteiger charge is -2.12. The number of rotatable bonds is 9. The lowest BCUT2D eigenvalue weighted by molar-refractivity contribution is 0.164. The fraction of sp³-hybridized carbons (Fsp3) is 0.714. The first-order chi connectivity index (χ1) is 9.19. The Morgan fingerprint density at radius 2 is 1.74 bits per heavy atom. The normalized spacial score (nSPS) is 12.2. The van der Waals surface area contributed by atoms with E-state index in [0.717, 1.165) is 56.2 Å². The molecule has 0 aromatic carbocycles. The van der Waals surface area contributed by atoms with Gasteiger partial charge in [0.05, 0.1) is 6.10 Å². The monoisotopic (exact) mass is 266 g/mol. The largest absolute Gasteiger partial charge is 0.393 e. The molecule has 0 aliphatic rings. The van der Waals surface area contributed by atoms with Crippen LogP contribution in [0.2, 0.25) is 0 Å². The summed E-state index contributed by atoms with van der Waals surface area (Å²) in [5.41, 5.74) is 0. The molecular formula is C14H26N4O. The van der Waals surface area contributed by atoms with Gasteiger partial charge in [-0.25, -0.2) is 9.97 Å². The average molecular weight is 266 g/mol. The van der Waals surface area contributed by atoms with Gasteiger partial charge in [-0.1, -0.05) is 20.8 Å². The Morgan fingerprint density at radius 3 is 2.26 bits per heavy atom. The number of anilines is 2. The van der Waals surface area contributed by atoms with E-state index in [4.69, 9.17) is 0 Å². The molecule has 0 spiro atoms. The zero-order valence-corrected chi connectivity index (χ0v) is 12.2. The molecule has 19 heavy (non-hydrogen) atoms. The highest BCUT2D eigenvalue weighted by molar-refractivity contribution is 5.47. The second-order valence-corrected chi connectivity index (χ2v) is 4.61. The Hall–Kier alpha value is -1.36. The summed E-state index contributed by atoms with van der Waals surface area (Å²) in [6.07, 6.45) is 3.16. The zero-order chi connectivity index (χ0) is 14.1. The van der Waals surface area contributed by atoms with Crippen LogP contribution in [-0.2, 0) is 6.42 Å². The third-order valence-electron chi connectivity index (χ3n) is 2.90. The summed E-state index contributed by atoms with van der Waals surface area (Å²) in [4.78, 5) is 8.88. The molecule has 108 valence electrons. The first-order valence-corrected chi connectivity index (χ1v) is 7.23. The summed E-state index contributed by atoms with van der Waals surface area (Å²) in [6.45, 7) is 7.79. The van der Waals surface area contributed by atoms with E-state index in [1.165, 1.54) is 0 Å². The van der Waals surface area contributed by atoms with Crippen molar-refractivity contribution in [1.82, 2.24) is 9.97 Å². The number of nitrogens with zero attached hydrogens (tertiary/aromatic N) is 2. The molecule has 3 N–H and O–H groups in total. The fourth-order valence-electron chi connectivity index (χ4n) is 1.66. The summed E-state index contributed by atoms with van der Waals surface area (Å²) in [6, 6.07) is 1.92. The van der Waals surface area contributed by atoms with Gasteiger partial charge in [0.1, 0.15) is 17.5 Å². The van der Waals surface area contributed by atoms with Crippen LogP contribution in [0, 0.1) is 0 Å². The van der Waals surface area contributed by atoms with Gasteiger partial charge in [-0.05, 0) is 19.3 Å². The number of hydrogen-bond donors (Lipinski definition) is 3. The standard InChI is InChI=1S/C14H26N4O/c1-4-8-15-13-10-14(18-12(6-3)17-13)16-9-7-11(19)5-2/h10-11,19H,4-9H2,1-3H3,(H2,15,16,17,18). The minimum atomic E-state index is -0.238. The number of aliphatic hydroxyl groups is 1. The third kappa shape index (κ3) is 5.87. The molecule has 1 aromatic heterocycles. The van der Waals surface area contributed by atoms with Crippen LogP contribution in [0.4, 0.5) is 11.6 Å². The minimum Gasteiger partial charge on any atom is -0.393 e. The van der Waals surface area contributed by atoms with E-state index >= 15 is 0 Å². The number of nitrogens with one attached hydrogen (secondary N) is 2. The maximum atomic E-state index is 9.52. The van der Waals surface area contributed by atoms with Gasteiger partial charge in [-0.3, -0.25) is 0 Å².